The van der Waals surface area contributed by atoms with Crippen LogP contribution in [0.5, 0.6) is 5.75 Å². The van der Waals surface area contributed by atoms with Gasteiger partial charge in [0.15, 0.2) is 0 Å². The van der Waals surface area contributed by atoms with Gasteiger partial charge >= 0.3 is 17.9 Å². The number of carbonyl (C=O) groups is 3. The first-order valence-electron chi connectivity index (χ1n) is 14.0. The summed E-state index contributed by atoms with van der Waals surface area (Å²) in [6.45, 7) is 8.55. The molecule has 0 amide bonds. The number of carbonyl (C=O) groups excluding carboxylic acids is 3. The van der Waals surface area contributed by atoms with E-state index in [1.807, 2.05) is 49.4 Å². The largest absolute Gasteiger partial charge is 0.487 e. The van der Waals surface area contributed by atoms with Crippen molar-refractivity contribution in [2.24, 2.45) is 0 Å². The van der Waals surface area contributed by atoms with Crippen LogP contribution >= 0.6 is 38.5 Å². The highest BCUT2D eigenvalue weighted by molar-refractivity contribution is 14.1. The maximum absolute atomic E-state index is 11.6. The molecule has 0 aliphatic rings. The van der Waals surface area contributed by atoms with Gasteiger partial charge in [-0.1, -0.05) is 34.1 Å². The van der Waals surface area contributed by atoms with Crippen LogP contribution in [0.1, 0.15) is 69.3 Å². The second-order valence-electron chi connectivity index (χ2n) is 8.73. The molecule has 0 radical (unpaired) electrons. The lowest BCUT2D eigenvalue weighted by Crippen LogP contribution is -2.09. The molecule has 3 aromatic heterocycles. The van der Waals surface area contributed by atoms with Crippen LogP contribution in [0, 0.1) is 10.5 Å². The molecular formula is C33H35BrIN3O7. The molecule has 0 saturated carbocycles. The number of esters is 3. The fraction of sp³-hybridized carbons (Fsp3) is 0.273. The third-order valence-electron chi connectivity index (χ3n) is 5.29. The molecular weight excluding hydrogens is 757 g/mol. The molecule has 45 heavy (non-hydrogen) atoms. The van der Waals surface area contributed by atoms with Crippen molar-refractivity contribution in [2.75, 3.05) is 19.8 Å². The van der Waals surface area contributed by atoms with E-state index >= 15 is 0 Å². The number of alkyl halides is 1. The molecule has 0 atom stereocenters. The highest BCUT2D eigenvalue weighted by atomic mass is 127. The van der Waals surface area contributed by atoms with Gasteiger partial charge < -0.3 is 18.9 Å². The number of aromatic nitrogens is 3. The molecule has 4 rings (SSSR count). The fourth-order valence-electron chi connectivity index (χ4n) is 3.30. The number of pyridine rings is 3. The molecule has 0 spiro atoms. The zero-order chi connectivity index (χ0) is 33.0. The number of halogens is 2. The van der Waals surface area contributed by atoms with Crippen LogP contribution in [-0.2, 0) is 26.1 Å². The molecule has 0 N–H and O–H groups in total. The molecule has 0 aliphatic carbocycles. The van der Waals surface area contributed by atoms with Crippen molar-refractivity contribution in [1.82, 2.24) is 15.0 Å². The van der Waals surface area contributed by atoms with Gasteiger partial charge in [0.25, 0.3) is 0 Å². The van der Waals surface area contributed by atoms with E-state index in [0.717, 1.165) is 20.7 Å². The number of benzene rings is 1. The van der Waals surface area contributed by atoms with Crippen LogP contribution in [0.15, 0.2) is 78.9 Å². The van der Waals surface area contributed by atoms with E-state index in [-0.39, 0.29) is 11.9 Å². The number of rotatable bonds is 10. The van der Waals surface area contributed by atoms with Crippen molar-refractivity contribution < 1.29 is 33.3 Å². The standard InChI is InChI=1S/C15H14INO3.C9H10BrNO2.C9H11NO2/c1-2-19-15(18)14-5-3-4-12(17-14)10-20-13-8-6-11(16)7-9-13;1-2-13-9(12)8-5-3-4-7(6-10)11-8;1-3-12-9(11)8-6-4-5-7(2)10-8/h3-9H,2,10H2,1H3;3-5H,2,6H2,1H3;4-6H,3H2,1-2H3. The first-order chi connectivity index (χ1) is 21.7. The van der Waals surface area contributed by atoms with E-state index in [4.69, 9.17) is 18.9 Å². The lowest BCUT2D eigenvalue weighted by molar-refractivity contribution is 0.0509. The van der Waals surface area contributed by atoms with Crippen molar-refractivity contribution in [3.05, 3.63) is 117 Å². The third kappa shape index (κ3) is 14.2. The minimum Gasteiger partial charge on any atom is -0.487 e. The van der Waals surface area contributed by atoms with Crippen LogP contribution < -0.4 is 4.74 Å². The molecule has 1 aromatic carbocycles. The second-order valence-corrected chi connectivity index (χ2v) is 10.5. The Morgan fingerprint density at radius 2 is 1.09 bits per heavy atom. The molecule has 0 saturated heterocycles. The average Bonchev–Trinajstić information content (AvgIpc) is 3.05. The predicted molar refractivity (Wildman–Crippen MR) is 181 cm³/mol. The summed E-state index contributed by atoms with van der Waals surface area (Å²) >= 11 is 5.50. The van der Waals surface area contributed by atoms with Gasteiger partial charge in [0.05, 0.1) is 31.2 Å². The van der Waals surface area contributed by atoms with Gasteiger partial charge in [-0.25, -0.2) is 29.3 Å². The Morgan fingerprint density at radius 1 is 0.644 bits per heavy atom. The lowest BCUT2D eigenvalue weighted by Gasteiger charge is -2.07. The smallest absolute Gasteiger partial charge is 0.356 e. The van der Waals surface area contributed by atoms with E-state index in [9.17, 15) is 14.4 Å². The number of hydrogen-bond acceptors (Lipinski definition) is 10. The van der Waals surface area contributed by atoms with Crippen LogP contribution in [0.2, 0.25) is 0 Å². The van der Waals surface area contributed by atoms with E-state index in [2.05, 4.69) is 53.5 Å². The molecule has 0 fully saturated rings. The van der Waals surface area contributed by atoms with E-state index in [0.29, 0.717) is 54.5 Å². The molecule has 4 aromatic rings. The molecule has 12 heteroatoms. The summed E-state index contributed by atoms with van der Waals surface area (Å²) in [6.07, 6.45) is 0. The highest BCUT2D eigenvalue weighted by Gasteiger charge is 2.10. The van der Waals surface area contributed by atoms with E-state index < -0.39 is 5.97 Å². The zero-order valence-corrected chi connectivity index (χ0v) is 29.2. The monoisotopic (exact) mass is 791 g/mol. The lowest BCUT2D eigenvalue weighted by atomic mass is 10.3. The quantitative estimate of drug-likeness (QED) is 0.0707. The maximum atomic E-state index is 11.6. The van der Waals surface area contributed by atoms with Crippen LogP contribution in [0.4, 0.5) is 0 Å². The van der Waals surface area contributed by atoms with Gasteiger partial charge in [-0.05, 0) is 111 Å². The second kappa shape index (κ2) is 20.9. The molecule has 0 unspecified atom stereocenters. The Morgan fingerprint density at radius 3 is 1.56 bits per heavy atom. The highest BCUT2D eigenvalue weighted by Crippen LogP contribution is 2.15. The topological polar surface area (TPSA) is 127 Å². The summed E-state index contributed by atoms with van der Waals surface area (Å²) in [5, 5.41) is 0.639. The van der Waals surface area contributed by atoms with Crippen LogP contribution in [0.3, 0.4) is 0 Å². The number of hydrogen-bond donors (Lipinski definition) is 0. The summed E-state index contributed by atoms with van der Waals surface area (Å²) in [5.41, 5.74) is 3.37. The van der Waals surface area contributed by atoms with Crippen molar-refractivity contribution in [3.63, 3.8) is 0 Å². The van der Waals surface area contributed by atoms with Crippen molar-refractivity contribution >= 4 is 56.4 Å². The Bertz CT molecular complexity index is 1520. The van der Waals surface area contributed by atoms with Gasteiger partial charge in [0.2, 0.25) is 0 Å². The van der Waals surface area contributed by atoms with Gasteiger partial charge in [0.1, 0.15) is 29.4 Å². The molecule has 10 nitrogen and oxygen atoms in total. The van der Waals surface area contributed by atoms with Gasteiger partial charge in [-0.2, -0.15) is 0 Å². The van der Waals surface area contributed by atoms with Gasteiger partial charge in [-0.3, -0.25) is 0 Å². The summed E-state index contributed by atoms with van der Waals surface area (Å²) in [4.78, 5) is 46.2. The molecule has 0 bridgehead atoms. The first kappa shape index (κ1) is 37.3. The van der Waals surface area contributed by atoms with Gasteiger partial charge in [0, 0.05) is 14.6 Å². The number of nitrogens with zero attached hydrogens (tertiary/aromatic N) is 3. The zero-order valence-electron chi connectivity index (χ0n) is 25.5. The van der Waals surface area contributed by atoms with Crippen molar-refractivity contribution in [2.45, 2.75) is 39.6 Å². The summed E-state index contributed by atoms with van der Waals surface area (Å²) in [5.74, 6) is -0.371. The summed E-state index contributed by atoms with van der Waals surface area (Å²) < 4.78 is 21.3. The average molecular weight is 792 g/mol. The first-order valence-corrected chi connectivity index (χ1v) is 16.2. The molecule has 0 aliphatic heterocycles. The minimum absolute atomic E-state index is 0.301. The predicted octanol–water partition coefficient (Wildman–Crippen LogP) is 7.16. The van der Waals surface area contributed by atoms with Crippen molar-refractivity contribution in [1.29, 1.82) is 0 Å². The fourth-order valence-corrected chi connectivity index (χ4v) is 3.97. The van der Waals surface area contributed by atoms with Crippen LogP contribution in [-0.4, -0.2) is 52.7 Å². The van der Waals surface area contributed by atoms with Crippen LogP contribution in [0.25, 0.3) is 0 Å². The Kier molecular flexibility index (Phi) is 17.3. The van der Waals surface area contributed by atoms with E-state index in [1.165, 1.54) is 0 Å². The van der Waals surface area contributed by atoms with Gasteiger partial charge in [-0.15, -0.1) is 0 Å². The summed E-state index contributed by atoms with van der Waals surface area (Å²) in [6, 6.07) is 23.5. The Balaban J connectivity index is 0.000000247. The Hall–Kier alpha value is -3.91. The third-order valence-corrected chi connectivity index (χ3v) is 6.59. The minimum atomic E-state index is -0.413. The van der Waals surface area contributed by atoms with E-state index in [1.54, 1.807) is 57.2 Å². The molecule has 238 valence electrons. The number of ether oxygens (including phenoxy) is 4. The normalized spacial score (nSPS) is 9.82. The SMILES string of the molecule is CCOC(=O)c1cccc(C)n1.CCOC(=O)c1cccc(CBr)n1.CCOC(=O)c1cccc(COc2ccc(I)cc2)n1. The maximum Gasteiger partial charge on any atom is 0.356 e. The Labute approximate surface area is 285 Å². The summed E-state index contributed by atoms with van der Waals surface area (Å²) in [7, 11) is 0. The van der Waals surface area contributed by atoms with Crippen molar-refractivity contribution in [3.8, 4) is 5.75 Å². The molecule has 3 heterocycles. The number of aryl methyl sites for hydroxylation is 1.